The lowest BCUT2D eigenvalue weighted by Crippen LogP contribution is -2.24. The van der Waals surface area contributed by atoms with E-state index in [1.165, 1.54) is 32.5 Å². The highest BCUT2D eigenvalue weighted by Crippen LogP contribution is 2.12. The van der Waals surface area contributed by atoms with Crippen LogP contribution in [0.1, 0.15) is 22.0 Å². The first-order valence-electron chi connectivity index (χ1n) is 5.61. The van der Waals surface area contributed by atoms with Crippen molar-refractivity contribution in [3.05, 3.63) is 53.5 Å². The van der Waals surface area contributed by atoms with Gasteiger partial charge in [-0.1, -0.05) is 12.1 Å². The molecule has 0 N–H and O–H groups in total. The van der Waals surface area contributed by atoms with E-state index in [-0.39, 0.29) is 11.6 Å². The first-order chi connectivity index (χ1) is 9.10. The minimum Gasteiger partial charge on any atom is -0.435 e. The van der Waals surface area contributed by atoms with Crippen molar-refractivity contribution in [3.63, 3.8) is 0 Å². The Morgan fingerprint density at radius 1 is 1.42 bits per heavy atom. The summed E-state index contributed by atoms with van der Waals surface area (Å²) in [5.41, 5.74) is 0.849. The standard InChI is InChI=1S/C13H13FN2O3/c1-16(18-2)13(17)11-8-15-12(19-11)7-9-3-5-10(14)6-4-9/h3-6,8H,7H2,1-2H3. The van der Waals surface area contributed by atoms with Gasteiger partial charge in [-0.15, -0.1) is 0 Å². The molecule has 6 heteroatoms. The number of rotatable bonds is 4. The number of amides is 1. The van der Waals surface area contributed by atoms with Crippen LogP contribution in [0.5, 0.6) is 0 Å². The van der Waals surface area contributed by atoms with Crippen LogP contribution in [0, 0.1) is 5.82 Å². The normalized spacial score (nSPS) is 10.5. The maximum atomic E-state index is 12.8. The van der Waals surface area contributed by atoms with E-state index in [2.05, 4.69) is 4.98 Å². The summed E-state index contributed by atoms with van der Waals surface area (Å²) in [7, 11) is 2.86. The van der Waals surface area contributed by atoms with Crippen LogP contribution in [0.4, 0.5) is 4.39 Å². The van der Waals surface area contributed by atoms with Crippen LogP contribution in [0.2, 0.25) is 0 Å². The van der Waals surface area contributed by atoms with Crippen LogP contribution in [0.25, 0.3) is 0 Å². The number of hydrogen-bond donors (Lipinski definition) is 0. The fourth-order valence-corrected chi connectivity index (χ4v) is 1.51. The molecule has 100 valence electrons. The van der Waals surface area contributed by atoms with Gasteiger partial charge in [0.2, 0.25) is 5.76 Å². The highest BCUT2D eigenvalue weighted by molar-refractivity contribution is 5.90. The molecule has 5 nitrogen and oxygen atoms in total. The Bertz CT molecular complexity index is 566. The molecule has 0 aliphatic carbocycles. The van der Waals surface area contributed by atoms with E-state index in [1.807, 2.05) is 0 Å². The summed E-state index contributed by atoms with van der Waals surface area (Å²) in [5.74, 6) is -0.227. The summed E-state index contributed by atoms with van der Waals surface area (Å²) in [6.45, 7) is 0. The number of carbonyl (C=O) groups excluding carboxylic acids is 1. The Morgan fingerprint density at radius 3 is 2.74 bits per heavy atom. The number of hydroxylamine groups is 2. The summed E-state index contributed by atoms with van der Waals surface area (Å²) in [6.07, 6.45) is 1.74. The van der Waals surface area contributed by atoms with Crippen molar-refractivity contribution < 1.29 is 18.4 Å². The highest BCUT2D eigenvalue weighted by atomic mass is 19.1. The average Bonchev–Trinajstić information content (AvgIpc) is 2.88. The Kier molecular flexibility index (Phi) is 3.91. The minimum absolute atomic E-state index is 0.0986. The lowest BCUT2D eigenvalue weighted by Gasteiger charge is -2.10. The Balaban J connectivity index is 2.09. The molecule has 0 unspecified atom stereocenters. The Labute approximate surface area is 109 Å². The summed E-state index contributed by atoms with van der Waals surface area (Å²) >= 11 is 0. The van der Waals surface area contributed by atoms with Gasteiger partial charge < -0.3 is 4.42 Å². The van der Waals surface area contributed by atoms with E-state index in [9.17, 15) is 9.18 Å². The maximum absolute atomic E-state index is 12.8. The van der Waals surface area contributed by atoms with E-state index in [1.54, 1.807) is 12.1 Å². The third-order valence-corrected chi connectivity index (χ3v) is 2.59. The predicted octanol–water partition coefficient (Wildman–Crippen LogP) is 2.04. The number of nitrogens with zero attached hydrogens (tertiary/aromatic N) is 2. The number of aromatic nitrogens is 1. The van der Waals surface area contributed by atoms with Crippen LogP contribution in [-0.4, -0.2) is 30.1 Å². The van der Waals surface area contributed by atoms with Gasteiger partial charge >= 0.3 is 5.91 Å². The molecular weight excluding hydrogens is 251 g/mol. The van der Waals surface area contributed by atoms with Gasteiger partial charge in [-0.3, -0.25) is 9.63 Å². The first kappa shape index (κ1) is 13.2. The molecule has 0 radical (unpaired) electrons. The van der Waals surface area contributed by atoms with Gasteiger partial charge in [0.1, 0.15) is 5.82 Å². The van der Waals surface area contributed by atoms with E-state index in [0.717, 1.165) is 10.6 Å². The molecule has 1 heterocycles. The van der Waals surface area contributed by atoms with E-state index in [0.29, 0.717) is 12.3 Å². The topological polar surface area (TPSA) is 55.6 Å². The molecule has 0 bridgehead atoms. The van der Waals surface area contributed by atoms with Gasteiger partial charge in [0.25, 0.3) is 0 Å². The van der Waals surface area contributed by atoms with Crippen molar-refractivity contribution in [2.24, 2.45) is 0 Å². The van der Waals surface area contributed by atoms with Crippen molar-refractivity contribution in [2.75, 3.05) is 14.2 Å². The second kappa shape index (κ2) is 5.62. The second-order valence-electron chi connectivity index (χ2n) is 3.91. The third-order valence-electron chi connectivity index (χ3n) is 2.59. The zero-order chi connectivity index (χ0) is 13.8. The fourth-order valence-electron chi connectivity index (χ4n) is 1.51. The zero-order valence-corrected chi connectivity index (χ0v) is 10.6. The molecule has 1 amide bonds. The Hall–Kier alpha value is -2.21. The minimum atomic E-state index is -0.416. The van der Waals surface area contributed by atoms with Gasteiger partial charge in [-0.25, -0.2) is 14.4 Å². The summed E-state index contributed by atoms with van der Waals surface area (Å²) in [5, 5.41) is 1.04. The monoisotopic (exact) mass is 264 g/mol. The van der Waals surface area contributed by atoms with Crippen LogP contribution < -0.4 is 0 Å². The molecule has 0 saturated carbocycles. The number of benzene rings is 1. The molecule has 0 saturated heterocycles. The quantitative estimate of drug-likeness (QED) is 0.793. The molecule has 1 aromatic heterocycles. The van der Waals surface area contributed by atoms with Crippen LogP contribution >= 0.6 is 0 Å². The van der Waals surface area contributed by atoms with E-state index < -0.39 is 5.91 Å². The van der Waals surface area contributed by atoms with Crippen molar-refractivity contribution in [2.45, 2.75) is 6.42 Å². The van der Waals surface area contributed by atoms with Crippen molar-refractivity contribution >= 4 is 5.91 Å². The Morgan fingerprint density at radius 2 is 2.11 bits per heavy atom. The summed E-state index contributed by atoms with van der Waals surface area (Å²) in [6, 6.07) is 6.01. The van der Waals surface area contributed by atoms with Crippen LogP contribution in [0.15, 0.2) is 34.9 Å². The van der Waals surface area contributed by atoms with Gasteiger partial charge in [0.15, 0.2) is 5.89 Å². The zero-order valence-electron chi connectivity index (χ0n) is 10.6. The predicted molar refractivity (Wildman–Crippen MR) is 64.8 cm³/mol. The van der Waals surface area contributed by atoms with Gasteiger partial charge in [-0.05, 0) is 17.7 Å². The van der Waals surface area contributed by atoms with Gasteiger partial charge in [0.05, 0.1) is 13.3 Å². The summed E-state index contributed by atoms with van der Waals surface area (Å²) < 4.78 is 18.1. The molecular formula is C13H13FN2O3. The summed E-state index contributed by atoms with van der Waals surface area (Å²) in [4.78, 5) is 20.5. The fraction of sp³-hybridized carbons (Fsp3) is 0.231. The average molecular weight is 264 g/mol. The SMILES string of the molecule is CON(C)C(=O)c1cnc(Cc2ccc(F)cc2)o1. The number of oxazole rings is 1. The molecule has 2 aromatic rings. The van der Waals surface area contributed by atoms with Gasteiger partial charge in [0, 0.05) is 13.5 Å². The lowest BCUT2D eigenvalue weighted by atomic mass is 10.1. The van der Waals surface area contributed by atoms with Crippen molar-refractivity contribution in [3.8, 4) is 0 Å². The largest absolute Gasteiger partial charge is 0.435 e. The number of carbonyl (C=O) groups is 1. The van der Waals surface area contributed by atoms with Crippen LogP contribution in [0.3, 0.4) is 0 Å². The lowest BCUT2D eigenvalue weighted by molar-refractivity contribution is -0.0774. The second-order valence-corrected chi connectivity index (χ2v) is 3.91. The molecule has 1 aromatic carbocycles. The maximum Gasteiger partial charge on any atom is 0.314 e. The smallest absolute Gasteiger partial charge is 0.314 e. The first-order valence-corrected chi connectivity index (χ1v) is 5.61. The third kappa shape index (κ3) is 3.17. The van der Waals surface area contributed by atoms with Gasteiger partial charge in [-0.2, -0.15) is 0 Å². The molecule has 0 atom stereocenters. The van der Waals surface area contributed by atoms with Crippen molar-refractivity contribution in [1.82, 2.24) is 10.0 Å². The number of halogens is 1. The molecule has 0 spiro atoms. The molecule has 0 aliphatic rings. The molecule has 0 aliphatic heterocycles. The molecule has 2 rings (SSSR count). The van der Waals surface area contributed by atoms with E-state index >= 15 is 0 Å². The molecule has 19 heavy (non-hydrogen) atoms. The highest BCUT2D eigenvalue weighted by Gasteiger charge is 2.17. The van der Waals surface area contributed by atoms with Crippen LogP contribution in [-0.2, 0) is 11.3 Å². The number of hydrogen-bond acceptors (Lipinski definition) is 4. The molecule has 0 fully saturated rings. The van der Waals surface area contributed by atoms with Crippen molar-refractivity contribution in [1.29, 1.82) is 0 Å². The van der Waals surface area contributed by atoms with E-state index in [4.69, 9.17) is 9.25 Å².